The van der Waals surface area contributed by atoms with Crippen LogP contribution in [0.5, 0.6) is 0 Å². The molecule has 0 saturated heterocycles. The fourth-order valence-electron chi connectivity index (χ4n) is 1.99. The van der Waals surface area contributed by atoms with Crippen molar-refractivity contribution in [3.05, 3.63) is 62.4 Å². The number of nitrogens with zero attached hydrogens (tertiary/aromatic N) is 3. The van der Waals surface area contributed by atoms with E-state index in [1.165, 1.54) is 11.3 Å². The Labute approximate surface area is 141 Å². The Hall–Kier alpha value is -1.82. The summed E-state index contributed by atoms with van der Waals surface area (Å²) in [5.41, 5.74) is 2.64. The fourth-order valence-corrected chi connectivity index (χ4v) is 3.29. The second-order valence-electron chi connectivity index (χ2n) is 4.43. The molecular weight excluding hydrogens is 339 g/mol. The fraction of sp³-hybridized carbons (Fsp3) is 0.0667. The first-order valence-corrected chi connectivity index (χ1v) is 8.09. The Kier molecular flexibility index (Phi) is 4.47. The molecule has 4 nitrogen and oxygen atoms in total. The Balaban J connectivity index is 2.11. The quantitative estimate of drug-likeness (QED) is 0.686. The maximum Gasteiger partial charge on any atom is 0.205 e. The molecule has 0 bridgehead atoms. The third-order valence-corrected chi connectivity index (χ3v) is 4.47. The van der Waals surface area contributed by atoms with Gasteiger partial charge in [0.2, 0.25) is 4.80 Å². The second kappa shape index (κ2) is 6.52. The topological polar surface area (TPSA) is 45.4 Å². The van der Waals surface area contributed by atoms with Gasteiger partial charge in [-0.1, -0.05) is 23.2 Å². The van der Waals surface area contributed by atoms with Crippen LogP contribution in [0.25, 0.3) is 11.3 Å². The van der Waals surface area contributed by atoms with Crippen molar-refractivity contribution in [3.8, 4) is 11.3 Å². The lowest BCUT2D eigenvalue weighted by Crippen LogP contribution is -2.11. The molecule has 0 atom stereocenters. The summed E-state index contributed by atoms with van der Waals surface area (Å²) >= 11 is 13.8. The normalized spacial score (nSPS) is 12.4. The van der Waals surface area contributed by atoms with Crippen molar-refractivity contribution in [1.82, 2.24) is 9.66 Å². The number of thiazole rings is 1. The molecule has 0 saturated carbocycles. The molecular formula is C15H12Cl2N4S. The minimum absolute atomic E-state index is 0.580. The van der Waals surface area contributed by atoms with E-state index in [1.807, 2.05) is 35.8 Å². The zero-order valence-electron chi connectivity index (χ0n) is 11.6. The van der Waals surface area contributed by atoms with Gasteiger partial charge in [-0.05, 0) is 30.3 Å². The van der Waals surface area contributed by atoms with E-state index >= 15 is 0 Å². The van der Waals surface area contributed by atoms with Gasteiger partial charge in [-0.2, -0.15) is 5.10 Å². The van der Waals surface area contributed by atoms with E-state index in [0.29, 0.717) is 10.0 Å². The maximum absolute atomic E-state index is 6.31. The second-order valence-corrected chi connectivity index (χ2v) is 6.11. The molecule has 3 aromatic rings. The third-order valence-electron chi connectivity index (χ3n) is 3.02. The van der Waals surface area contributed by atoms with Gasteiger partial charge in [0.05, 0.1) is 22.6 Å². The first kappa shape index (κ1) is 15.1. The average molecular weight is 351 g/mol. The molecule has 2 aromatic heterocycles. The number of nitrogens with one attached hydrogen (secondary N) is 1. The Morgan fingerprint density at radius 3 is 2.82 bits per heavy atom. The van der Waals surface area contributed by atoms with E-state index in [-0.39, 0.29) is 0 Å². The minimum atomic E-state index is 0.580. The van der Waals surface area contributed by atoms with Crippen molar-refractivity contribution in [3.63, 3.8) is 0 Å². The van der Waals surface area contributed by atoms with Crippen LogP contribution in [0.3, 0.4) is 0 Å². The number of halogens is 2. The number of hydrogen-bond acceptors (Lipinski definition) is 3. The molecule has 0 aliphatic carbocycles. The molecule has 0 radical (unpaired) electrons. The summed E-state index contributed by atoms with van der Waals surface area (Å²) < 4.78 is 1.76. The molecule has 0 unspecified atom stereocenters. The molecule has 0 fully saturated rings. The van der Waals surface area contributed by atoms with E-state index in [9.17, 15) is 0 Å². The third kappa shape index (κ3) is 3.02. The first-order valence-electron chi connectivity index (χ1n) is 6.45. The van der Waals surface area contributed by atoms with Crippen molar-refractivity contribution in [2.45, 2.75) is 0 Å². The highest BCUT2D eigenvalue weighted by molar-refractivity contribution is 7.07. The minimum Gasteiger partial charge on any atom is -0.360 e. The average Bonchev–Trinajstić information content (AvgIpc) is 3.14. The molecule has 0 aliphatic heterocycles. The van der Waals surface area contributed by atoms with Crippen molar-refractivity contribution >= 4 is 40.8 Å². The van der Waals surface area contributed by atoms with Crippen LogP contribution in [0.4, 0.5) is 0 Å². The molecule has 0 spiro atoms. The predicted octanol–water partition coefficient (Wildman–Crippen LogP) is 4.26. The van der Waals surface area contributed by atoms with Gasteiger partial charge in [0.15, 0.2) is 0 Å². The van der Waals surface area contributed by atoms with Crippen LogP contribution in [0.15, 0.2) is 52.0 Å². The van der Waals surface area contributed by atoms with Gasteiger partial charge >= 0.3 is 0 Å². The van der Waals surface area contributed by atoms with Gasteiger partial charge in [-0.3, -0.25) is 4.99 Å². The van der Waals surface area contributed by atoms with Gasteiger partial charge in [0.1, 0.15) is 0 Å². The van der Waals surface area contributed by atoms with E-state index in [1.54, 1.807) is 24.0 Å². The Morgan fingerprint density at radius 1 is 1.27 bits per heavy atom. The van der Waals surface area contributed by atoms with Crippen LogP contribution in [0.1, 0.15) is 5.69 Å². The number of aromatic amines is 1. The summed E-state index contributed by atoms with van der Waals surface area (Å²) in [4.78, 5) is 8.12. The molecule has 1 N–H and O–H groups in total. The van der Waals surface area contributed by atoms with Gasteiger partial charge in [0.25, 0.3) is 0 Å². The zero-order valence-corrected chi connectivity index (χ0v) is 14.0. The van der Waals surface area contributed by atoms with Crippen molar-refractivity contribution in [2.24, 2.45) is 10.1 Å². The highest BCUT2D eigenvalue weighted by atomic mass is 35.5. The molecule has 7 heteroatoms. The first-order chi connectivity index (χ1) is 10.7. The van der Waals surface area contributed by atoms with Crippen LogP contribution >= 0.6 is 34.5 Å². The highest BCUT2D eigenvalue weighted by Gasteiger charge is 2.11. The smallest absolute Gasteiger partial charge is 0.205 e. The number of rotatable bonds is 3. The lowest BCUT2D eigenvalue weighted by molar-refractivity contribution is 0.848. The van der Waals surface area contributed by atoms with E-state index in [0.717, 1.165) is 21.8 Å². The highest BCUT2D eigenvalue weighted by Crippen LogP contribution is 2.30. The number of hydrogen-bond donors (Lipinski definition) is 1. The summed E-state index contributed by atoms with van der Waals surface area (Å²) in [5, 5.41) is 7.66. The van der Waals surface area contributed by atoms with Gasteiger partial charge in [-0.15, -0.1) is 11.3 Å². The van der Waals surface area contributed by atoms with E-state index in [4.69, 9.17) is 23.2 Å². The van der Waals surface area contributed by atoms with Crippen molar-refractivity contribution < 1.29 is 0 Å². The van der Waals surface area contributed by atoms with Crippen molar-refractivity contribution in [1.29, 1.82) is 0 Å². The lowest BCUT2D eigenvalue weighted by atomic mass is 10.2. The molecule has 2 heterocycles. The number of H-pyrrole nitrogens is 1. The Bertz CT molecular complexity index is 875. The van der Waals surface area contributed by atoms with Gasteiger partial charge < -0.3 is 4.98 Å². The van der Waals surface area contributed by atoms with Crippen LogP contribution in [-0.2, 0) is 0 Å². The predicted molar refractivity (Wildman–Crippen MR) is 93.0 cm³/mol. The largest absolute Gasteiger partial charge is 0.360 e. The van der Waals surface area contributed by atoms with Gasteiger partial charge in [-0.25, -0.2) is 4.68 Å². The molecule has 1 aromatic carbocycles. The summed E-state index contributed by atoms with van der Waals surface area (Å²) in [6.07, 6.45) is 3.59. The van der Waals surface area contributed by atoms with Crippen LogP contribution in [0.2, 0.25) is 10.0 Å². The van der Waals surface area contributed by atoms with Crippen LogP contribution in [-0.4, -0.2) is 22.9 Å². The van der Waals surface area contributed by atoms with E-state index in [2.05, 4.69) is 15.1 Å². The number of benzene rings is 1. The number of aromatic nitrogens is 2. The lowest BCUT2D eigenvalue weighted by Gasteiger charge is -2.05. The van der Waals surface area contributed by atoms with Crippen molar-refractivity contribution in [2.75, 3.05) is 7.05 Å². The zero-order chi connectivity index (χ0) is 15.5. The van der Waals surface area contributed by atoms with E-state index < -0.39 is 0 Å². The summed E-state index contributed by atoms with van der Waals surface area (Å²) in [6.45, 7) is 0. The summed E-state index contributed by atoms with van der Waals surface area (Å²) in [5.74, 6) is 0. The molecule has 0 amide bonds. The van der Waals surface area contributed by atoms with Crippen LogP contribution < -0.4 is 4.80 Å². The molecule has 3 rings (SSSR count). The SMILES string of the molecule is CN=c1scc(-c2ccc(Cl)cc2Cl)n1N=Cc1ccc[nH]1. The monoisotopic (exact) mass is 350 g/mol. The molecule has 112 valence electrons. The van der Waals surface area contributed by atoms with Crippen LogP contribution in [0, 0.1) is 0 Å². The maximum atomic E-state index is 6.31. The summed E-state index contributed by atoms with van der Waals surface area (Å²) in [7, 11) is 1.74. The summed E-state index contributed by atoms with van der Waals surface area (Å²) in [6, 6.07) is 9.27. The molecule has 22 heavy (non-hydrogen) atoms. The standard InChI is InChI=1S/C15H12Cl2N4S/c1-18-15-21(20-8-11-3-2-6-19-11)14(9-22-15)12-5-4-10(16)7-13(12)17/h2-9,19H,1H3. The Morgan fingerprint density at radius 2 is 2.14 bits per heavy atom. The van der Waals surface area contributed by atoms with Gasteiger partial charge in [0, 0.05) is 29.2 Å². The molecule has 0 aliphatic rings.